The molecule has 0 bridgehead atoms. The lowest BCUT2D eigenvalue weighted by Gasteiger charge is -2.06. The van der Waals surface area contributed by atoms with E-state index in [4.69, 9.17) is 0 Å². The Labute approximate surface area is 127 Å². The number of benzene rings is 2. The van der Waals surface area contributed by atoms with Gasteiger partial charge in [0.05, 0.1) is 10.7 Å². The van der Waals surface area contributed by atoms with Crippen LogP contribution in [0.3, 0.4) is 0 Å². The van der Waals surface area contributed by atoms with E-state index < -0.39 is 0 Å². The van der Waals surface area contributed by atoms with Gasteiger partial charge in [-0.3, -0.25) is 4.79 Å². The maximum Gasteiger partial charge on any atom is 0.248 e. The molecule has 3 aromatic rings. The van der Waals surface area contributed by atoms with E-state index in [1.54, 1.807) is 17.4 Å². The summed E-state index contributed by atoms with van der Waals surface area (Å²) in [5.74, 6) is -0.156. The standard InChI is InChI=1S/C17H14N2OS/c1-12-18-14(11-21-12)9-10-17(20)19-16-8-4-6-13-5-2-3-7-15(13)16/h2-11H,1H3,(H,19,20)/b10-9+. The largest absolute Gasteiger partial charge is 0.322 e. The van der Waals surface area contributed by atoms with E-state index in [2.05, 4.69) is 10.3 Å². The number of nitrogens with one attached hydrogen (secondary N) is 1. The van der Waals surface area contributed by atoms with Crippen LogP contribution in [0.5, 0.6) is 0 Å². The fourth-order valence-corrected chi connectivity index (χ4v) is 2.71. The zero-order chi connectivity index (χ0) is 14.7. The first kappa shape index (κ1) is 13.5. The molecule has 3 rings (SSSR count). The molecular weight excluding hydrogens is 280 g/mol. The average molecular weight is 294 g/mol. The van der Waals surface area contributed by atoms with Crippen LogP contribution in [0.25, 0.3) is 16.8 Å². The molecule has 1 aromatic heterocycles. The molecule has 0 radical (unpaired) electrons. The van der Waals surface area contributed by atoms with Crippen LogP contribution in [-0.4, -0.2) is 10.9 Å². The van der Waals surface area contributed by atoms with Crippen LogP contribution < -0.4 is 5.32 Å². The number of anilines is 1. The predicted octanol–water partition coefficient (Wildman–Crippen LogP) is 4.26. The van der Waals surface area contributed by atoms with Crippen LogP contribution in [0.4, 0.5) is 5.69 Å². The van der Waals surface area contributed by atoms with Gasteiger partial charge in [0.1, 0.15) is 0 Å². The molecule has 21 heavy (non-hydrogen) atoms. The van der Waals surface area contributed by atoms with Crippen LogP contribution in [-0.2, 0) is 4.79 Å². The van der Waals surface area contributed by atoms with E-state index in [0.29, 0.717) is 0 Å². The van der Waals surface area contributed by atoms with Crippen molar-refractivity contribution >= 4 is 39.8 Å². The summed E-state index contributed by atoms with van der Waals surface area (Å²) in [6.45, 7) is 1.94. The van der Waals surface area contributed by atoms with Crippen molar-refractivity contribution in [2.24, 2.45) is 0 Å². The number of carbonyl (C=O) groups is 1. The van der Waals surface area contributed by atoms with Gasteiger partial charge in [-0.1, -0.05) is 36.4 Å². The fraction of sp³-hybridized carbons (Fsp3) is 0.0588. The van der Waals surface area contributed by atoms with Crippen molar-refractivity contribution in [1.82, 2.24) is 4.98 Å². The first-order valence-electron chi connectivity index (χ1n) is 6.61. The monoisotopic (exact) mass is 294 g/mol. The summed E-state index contributed by atoms with van der Waals surface area (Å²) in [5.41, 5.74) is 1.63. The summed E-state index contributed by atoms with van der Waals surface area (Å²) in [6.07, 6.45) is 3.24. The lowest BCUT2D eigenvalue weighted by atomic mass is 10.1. The Kier molecular flexibility index (Phi) is 3.79. The summed E-state index contributed by atoms with van der Waals surface area (Å²) in [6, 6.07) is 13.8. The maximum atomic E-state index is 12.0. The molecule has 0 saturated heterocycles. The lowest BCUT2D eigenvalue weighted by molar-refractivity contribution is -0.111. The Bertz CT molecular complexity index is 815. The third kappa shape index (κ3) is 3.17. The van der Waals surface area contributed by atoms with Gasteiger partial charge >= 0.3 is 0 Å². The highest BCUT2D eigenvalue weighted by Gasteiger charge is 2.03. The Hall–Kier alpha value is -2.46. The highest BCUT2D eigenvalue weighted by Crippen LogP contribution is 2.22. The van der Waals surface area contributed by atoms with Crippen molar-refractivity contribution in [3.05, 3.63) is 64.6 Å². The van der Waals surface area contributed by atoms with Crippen LogP contribution >= 0.6 is 11.3 Å². The van der Waals surface area contributed by atoms with Crippen LogP contribution in [0, 0.1) is 6.92 Å². The lowest BCUT2D eigenvalue weighted by Crippen LogP contribution is -2.08. The Morgan fingerprint density at radius 2 is 2.00 bits per heavy atom. The van der Waals surface area contributed by atoms with Crippen LogP contribution in [0.15, 0.2) is 53.9 Å². The second-order valence-electron chi connectivity index (χ2n) is 4.64. The number of hydrogen-bond acceptors (Lipinski definition) is 3. The van der Waals surface area contributed by atoms with Crippen molar-refractivity contribution in [1.29, 1.82) is 0 Å². The van der Waals surface area contributed by atoms with Gasteiger partial charge in [-0.05, 0) is 24.5 Å². The van der Waals surface area contributed by atoms with Gasteiger partial charge in [-0.25, -0.2) is 4.98 Å². The number of nitrogens with zero attached hydrogens (tertiary/aromatic N) is 1. The minimum absolute atomic E-state index is 0.156. The second kappa shape index (κ2) is 5.89. The van der Waals surface area contributed by atoms with E-state index >= 15 is 0 Å². The first-order valence-corrected chi connectivity index (χ1v) is 7.49. The molecule has 0 atom stereocenters. The minimum Gasteiger partial charge on any atom is -0.322 e. The molecule has 0 unspecified atom stereocenters. The van der Waals surface area contributed by atoms with Crippen molar-refractivity contribution in [3.8, 4) is 0 Å². The fourth-order valence-electron chi connectivity index (χ4n) is 2.13. The van der Waals surface area contributed by atoms with Crippen LogP contribution in [0.1, 0.15) is 10.7 Å². The first-order chi connectivity index (χ1) is 10.2. The molecule has 1 amide bonds. The van der Waals surface area contributed by atoms with Crippen LogP contribution in [0.2, 0.25) is 0 Å². The summed E-state index contributed by atoms with van der Waals surface area (Å²) in [7, 11) is 0. The van der Waals surface area contributed by atoms with E-state index in [9.17, 15) is 4.79 Å². The molecule has 0 spiro atoms. The van der Waals surface area contributed by atoms with Gasteiger partial charge in [0.15, 0.2) is 0 Å². The maximum absolute atomic E-state index is 12.0. The summed E-state index contributed by atoms with van der Waals surface area (Å²) < 4.78 is 0. The summed E-state index contributed by atoms with van der Waals surface area (Å²) in [4.78, 5) is 16.3. The third-order valence-corrected chi connectivity index (χ3v) is 3.88. The topological polar surface area (TPSA) is 42.0 Å². The number of thiazole rings is 1. The number of rotatable bonds is 3. The third-order valence-electron chi connectivity index (χ3n) is 3.09. The Morgan fingerprint density at radius 3 is 2.81 bits per heavy atom. The summed E-state index contributed by atoms with van der Waals surface area (Å²) >= 11 is 1.57. The van der Waals surface area contributed by atoms with E-state index in [0.717, 1.165) is 27.2 Å². The van der Waals surface area contributed by atoms with Crippen molar-refractivity contribution in [2.75, 3.05) is 5.32 Å². The van der Waals surface area contributed by atoms with Gasteiger partial charge in [-0.15, -0.1) is 11.3 Å². The molecule has 0 aliphatic carbocycles. The second-order valence-corrected chi connectivity index (χ2v) is 5.70. The smallest absolute Gasteiger partial charge is 0.248 e. The highest BCUT2D eigenvalue weighted by molar-refractivity contribution is 7.09. The van der Waals surface area contributed by atoms with Gasteiger partial charge < -0.3 is 5.32 Å². The number of carbonyl (C=O) groups excluding carboxylic acids is 1. The van der Waals surface area contributed by atoms with Gasteiger partial charge in [0.25, 0.3) is 0 Å². The Balaban J connectivity index is 1.79. The number of hydrogen-bond donors (Lipinski definition) is 1. The van der Waals surface area contributed by atoms with Gasteiger partial charge in [-0.2, -0.15) is 0 Å². The van der Waals surface area contributed by atoms with Crippen molar-refractivity contribution in [3.63, 3.8) is 0 Å². The Morgan fingerprint density at radius 1 is 1.19 bits per heavy atom. The zero-order valence-corrected chi connectivity index (χ0v) is 12.4. The SMILES string of the molecule is Cc1nc(/C=C/C(=O)Nc2cccc3ccccc23)cs1. The van der Waals surface area contributed by atoms with E-state index in [1.165, 1.54) is 6.08 Å². The normalized spacial score (nSPS) is 11.1. The zero-order valence-electron chi connectivity index (χ0n) is 11.5. The predicted molar refractivity (Wildman–Crippen MR) is 88.5 cm³/mol. The van der Waals surface area contributed by atoms with Crippen molar-refractivity contribution in [2.45, 2.75) is 6.92 Å². The molecule has 2 aromatic carbocycles. The molecule has 0 saturated carbocycles. The molecule has 1 heterocycles. The molecule has 104 valence electrons. The number of aryl methyl sites for hydroxylation is 1. The van der Waals surface area contributed by atoms with E-state index in [1.807, 2.05) is 54.8 Å². The highest BCUT2D eigenvalue weighted by atomic mass is 32.1. The number of aromatic nitrogens is 1. The molecule has 0 fully saturated rings. The average Bonchev–Trinajstić information content (AvgIpc) is 2.91. The molecule has 1 N–H and O–H groups in total. The molecule has 3 nitrogen and oxygen atoms in total. The molecule has 4 heteroatoms. The van der Waals surface area contributed by atoms with Gasteiger partial charge in [0.2, 0.25) is 5.91 Å². The molecule has 0 aliphatic rings. The number of amides is 1. The minimum atomic E-state index is -0.156. The van der Waals surface area contributed by atoms with Gasteiger partial charge in [0, 0.05) is 22.5 Å². The van der Waals surface area contributed by atoms with E-state index in [-0.39, 0.29) is 5.91 Å². The number of fused-ring (bicyclic) bond motifs is 1. The summed E-state index contributed by atoms with van der Waals surface area (Å²) in [5, 5.41) is 7.97. The van der Waals surface area contributed by atoms with Crippen molar-refractivity contribution < 1.29 is 4.79 Å². The molecule has 0 aliphatic heterocycles. The molecular formula is C17H14N2OS. The quantitative estimate of drug-likeness (QED) is 0.733.